The van der Waals surface area contributed by atoms with E-state index in [1.807, 2.05) is 6.92 Å². The Morgan fingerprint density at radius 1 is 0.821 bits per heavy atom. The SMILES string of the molecule is CCOC(=O)CCCCCCCCC(=O)OC1CC(C)(C)N(CC)C(C)(C)C1. The van der Waals surface area contributed by atoms with Crippen molar-refractivity contribution < 1.29 is 19.1 Å². The molecule has 0 bridgehead atoms. The number of hydrogen-bond donors (Lipinski definition) is 0. The van der Waals surface area contributed by atoms with Crippen molar-refractivity contribution in [2.75, 3.05) is 13.2 Å². The van der Waals surface area contributed by atoms with Crippen molar-refractivity contribution in [1.29, 1.82) is 0 Å². The minimum Gasteiger partial charge on any atom is -0.466 e. The lowest BCUT2D eigenvalue weighted by Crippen LogP contribution is -2.62. The molecule has 0 spiro atoms. The predicted octanol–water partition coefficient (Wildman–Crippen LogP) is 5.26. The van der Waals surface area contributed by atoms with E-state index < -0.39 is 0 Å². The van der Waals surface area contributed by atoms with Gasteiger partial charge < -0.3 is 9.47 Å². The number of unbranched alkanes of at least 4 members (excludes halogenated alkanes) is 5. The molecular formula is C23H43NO4. The van der Waals surface area contributed by atoms with Crippen LogP contribution in [0.4, 0.5) is 0 Å². The molecule has 0 aliphatic carbocycles. The Labute approximate surface area is 172 Å². The van der Waals surface area contributed by atoms with Crippen molar-refractivity contribution in [3.63, 3.8) is 0 Å². The highest BCUT2D eigenvalue weighted by molar-refractivity contribution is 5.69. The molecule has 1 saturated heterocycles. The normalized spacial score (nSPS) is 19.4. The standard InChI is InChI=1S/C23H43NO4/c1-7-24-22(3,4)17-19(18-23(24,5)6)28-21(26)16-14-12-10-9-11-13-15-20(25)27-8-2/h19H,7-18H2,1-6H3. The lowest BCUT2D eigenvalue weighted by atomic mass is 9.78. The van der Waals surface area contributed by atoms with E-state index in [9.17, 15) is 9.59 Å². The molecule has 1 aliphatic rings. The Bertz CT molecular complexity index is 469. The van der Waals surface area contributed by atoms with Gasteiger partial charge in [-0.2, -0.15) is 0 Å². The van der Waals surface area contributed by atoms with Gasteiger partial charge in [-0.15, -0.1) is 0 Å². The van der Waals surface area contributed by atoms with Crippen molar-refractivity contribution in [3.05, 3.63) is 0 Å². The zero-order valence-corrected chi connectivity index (χ0v) is 19.1. The Morgan fingerprint density at radius 2 is 1.29 bits per heavy atom. The van der Waals surface area contributed by atoms with E-state index in [0.29, 0.717) is 19.4 Å². The molecule has 5 nitrogen and oxygen atoms in total. The van der Waals surface area contributed by atoms with Gasteiger partial charge in [0.2, 0.25) is 0 Å². The highest BCUT2D eigenvalue weighted by Gasteiger charge is 2.45. The molecule has 0 aromatic carbocycles. The summed E-state index contributed by atoms with van der Waals surface area (Å²) >= 11 is 0. The molecule has 1 fully saturated rings. The van der Waals surface area contributed by atoms with Crippen molar-refractivity contribution >= 4 is 11.9 Å². The fraction of sp³-hybridized carbons (Fsp3) is 0.913. The minimum absolute atomic E-state index is 0.0168. The Morgan fingerprint density at radius 3 is 1.75 bits per heavy atom. The third-order valence-electron chi connectivity index (χ3n) is 5.85. The Hall–Kier alpha value is -1.10. The first kappa shape index (κ1) is 24.9. The average Bonchev–Trinajstić information content (AvgIpc) is 2.55. The molecule has 0 amide bonds. The van der Waals surface area contributed by atoms with Crippen LogP contribution in [0.2, 0.25) is 0 Å². The quantitative estimate of drug-likeness (QED) is 0.332. The summed E-state index contributed by atoms with van der Waals surface area (Å²) in [6.45, 7) is 14.5. The van der Waals surface area contributed by atoms with Gasteiger partial charge in [0.15, 0.2) is 0 Å². The summed E-state index contributed by atoms with van der Waals surface area (Å²) in [5.41, 5.74) is 0.0933. The first-order valence-electron chi connectivity index (χ1n) is 11.2. The van der Waals surface area contributed by atoms with Crippen LogP contribution in [-0.2, 0) is 19.1 Å². The number of esters is 2. The Kier molecular flexibility index (Phi) is 10.5. The molecule has 0 aromatic heterocycles. The van der Waals surface area contributed by atoms with E-state index >= 15 is 0 Å². The van der Waals surface area contributed by atoms with E-state index in [-0.39, 0.29) is 29.1 Å². The summed E-state index contributed by atoms with van der Waals surface area (Å²) < 4.78 is 10.8. The molecule has 0 unspecified atom stereocenters. The van der Waals surface area contributed by atoms with Crippen LogP contribution >= 0.6 is 0 Å². The lowest BCUT2D eigenvalue weighted by molar-refractivity contribution is -0.160. The number of ether oxygens (including phenoxy) is 2. The van der Waals surface area contributed by atoms with Crippen molar-refractivity contribution in [2.45, 2.75) is 123 Å². The average molecular weight is 398 g/mol. The third kappa shape index (κ3) is 8.50. The fourth-order valence-corrected chi connectivity index (χ4v) is 4.89. The molecule has 0 aromatic rings. The molecule has 0 N–H and O–H groups in total. The van der Waals surface area contributed by atoms with Crippen LogP contribution in [0, 0.1) is 0 Å². The molecule has 1 rings (SSSR count). The van der Waals surface area contributed by atoms with Gasteiger partial charge in [-0.05, 0) is 54.0 Å². The zero-order valence-electron chi connectivity index (χ0n) is 19.1. The van der Waals surface area contributed by atoms with Crippen LogP contribution in [0.1, 0.15) is 106 Å². The number of rotatable bonds is 12. The summed E-state index contributed by atoms with van der Waals surface area (Å²) in [4.78, 5) is 26.0. The minimum atomic E-state index is -0.0960. The maximum Gasteiger partial charge on any atom is 0.306 e. The molecule has 1 heterocycles. The molecule has 0 atom stereocenters. The maximum atomic E-state index is 12.3. The van der Waals surface area contributed by atoms with Gasteiger partial charge in [0.05, 0.1) is 6.61 Å². The first-order chi connectivity index (χ1) is 13.1. The summed E-state index contributed by atoms with van der Waals surface area (Å²) in [7, 11) is 0. The van der Waals surface area contributed by atoms with Crippen LogP contribution in [0.3, 0.4) is 0 Å². The van der Waals surface area contributed by atoms with Crippen molar-refractivity contribution in [1.82, 2.24) is 4.90 Å². The molecule has 5 heteroatoms. The zero-order chi connectivity index (χ0) is 21.2. The van der Waals surface area contributed by atoms with Gasteiger partial charge in [-0.1, -0.05) is 32.6 Å². The summed E-state index contributed by atoms with van der Waals surface area (Å²) in [6.07, 6.45) is 8.91. The van der Waals surface area contributed by atoms with Gasteiger partial charge in [-0.3, -0.25) is 14.5 Å². The van der Waals surface area contributed by atoms with Gasteiger partial charge in [0, 0.05) is 36.8 Å². The van der Waals surface area contributed by atoms with Crippen LogP contribution in [0.5, 0.6) is 0 Å². The third-order valence-corrected chi connectivity index (χ3v) is 5.85. The summed E-state index contributed by atoms with van der Waals surface area (Å²) in [5, 5.41) is 0. The van der Waals surface area contributed by atoms with Gasteiger partial charge >= 0.3 is 11.9 Å². The van der Waals surface area contributed by atoms with Gasteiger partial charge in [0.1, 0.15) is 6.10 Å². The van der Waals surface area contributed by atoms with Crippen LogP contribution < -0.4 is 0 Å². The van der Waals surface area contributed by atoms with E-state index in [2.05, 4.69) is 39.5 Å². The first-order valence-corrected chi connectivity index (χ1v) is 11.2. The van der Waals surface area contributed by atoms with Crippen LogP contribution in [0.25, 0.3) is 0 Å². The van der Waals surface area contributed by atoms with Gasteiger partial charge in [0.25, 0.3) is 0 Å². The highest BCUT2D eigenvalue weighted by atomic mass is 16.5. The summed E-state index contributed by atoms with van der Waals surface area (Å²) in [6, 6.07) is 0. The van der Waals surface area contributed by atoms with Crippen LogP contribution in [-0.4, -0.2) is 47.2 Å². The monoisotopic (exact) mass is 397 g/mol. The summed E-state index contributed by atoms with van der Waals surface area (Å²) in [5.74, 6) is -0.148. The topological polar surface area (TPSA) is 55.8 Å². The molecule has 0 radical (unpaired) electrons. The van der Waals surface area contributed by atoms with Crippen molar-refractivity contribution in [3.8, 4) is 0 Å². The molecule has 28 heavy (non-hydrogen) atoms. The van der Waals surface area contributed by atoms with Gasteiger partial charge in [-0.25, -0.2) is 0 Å². The maximum absolute atomic E-state index is 12.3. The molecule has 0 saturated carbocycles. The second kappa shape index (κ2) is 11.8. The highest BCUT2D eigenvalue weighted by Crippen LogP contribution is 2.39. The van der Waals surface area contributed by atoms with Crippen molar-refractivity contribution in [2.24, 2.45) is 0 Å². The molecule has 1 aliphatic heterocycles. The van der Waals surface area contributed by atoms with E-state index in [4.69, 9.17) is 9.47 Å². The second-order valence-corrected chi connectivity index (χ2v) is 9.32. The second-order valence-electron chi connectivity index (χ2n) is 9.32. The molecular weight excluding hydrogens is 354 g/mol. The fourth-order valence-electron chi connectivity index (χ4n) is 4.89. The number of piperidine rings is 1. The largest absolute Gasteiger partial charge is 0.466 e. The van der Waals surface area contributed by atoms with E-state index in [1.54, 1.807) is 0 Å². The molecule has 164 valence electrons. The predicted molar refractivity (Wildman–Crippen MR) is 113 cm³/mol. The smallest absolute Gasteiger partial charge is 0.306 e. The number of likely N-dealkylation sites (tertiary alicyclic amines) is 1. The van der Waals surface area contributed by atoms with E-state index in [0.717, 1.165) is 57.9 Å². The number of carbonyl (C=O) groups excluding carboxylic acids is 2. The van der Waals surface area contributed by atoms with Crippen LogP contribution in [0.15, 0.2) is 0 Å². The Balaban J connectivity index is 2.18. The number of carbonyl (C=O) groups is 2. The number of hydrogen-bond acceptors (Lipinski definition) is 5. The lowest BCUT2D eigenvalue weighted by Gasteiger charge is -2.54. The number of nitrogens with zero attached hydrogens (tertiary/aromatic N) is 1. The van der Waals surface area contributed by atoms with E-state index in [1.165, 1.54) is 0 Å².